The molecule has 6 nitrogen and oxygen atoms in total. The van der Waals surface area contributed by atoms with E-state index in [1.54, 1.807) is 37.4 Å². The summed E-state index contributed by atoms with van der Waals surface area (Å²) in [4.78, 5) is 17.2. The smallest absolute Gasteiger partial charge is 0.261 e. The third kappa shape index (κ3) is 4.58. The van der Waals surface area contributed by atoms with Gasteiger partial charge in [-0.3, -0.25) is 9.52 Å². The predicted octanol–water partition coefficient (Wildman–Crippen LogP) is 4.43. The van der Waals surface area contributed by atoms with Gasteiger partial charge in [0.2, 0.25) is 5.78 Å². The quantitative estimate of drug-likeness (QED) is 0.566. The number of aromatic nitrogens is 1. The number of nitrogens with zero attached hydrogens (tertiary/aromatic N) is 1. The Kier molecular flexibility index (Phi) is 5.91. The Morgan fingerprint density at radius 1 is 1.03 bits per heavy atom. The summed E-state index contributed by atoms with van der Waals surface area (Å²) in [6.45, 7) is 3.73. The van der Waals surface area contributed by atoms with Gasteiger partial charge in [-0.15, -0.1) is 0 Å². The van der Waals surface area contributed by atoms with Crippen LogP contribution in [-0.4, -0.2) is 26.2 Å². The average molecular weight is 430 g/mol. The SMILES string of the molecule is CNc1cccc(C(=O)c2ncc(Cl)cc2NS(=O)(=O)c2ccc(C)c(C)c2)c1. The van der Waals surface area contributed by atoms with Gasteiger partial charge in [0.15, 0.2) is 0 Å². The Bertz CT molecular complexity index is 1190. The molecule has 0 fully saturated rings. The minimum atomic E-state index is -3.93. The number of carbonyl (C=O) groups excluding carboxylic acids is 1. The van der Waals surface area contributed by atoms with Crippen LogP contribution in [-0.2, 0) is 10.0 Å². The van der Waals surface area contributed by atoms with E-state index in [0.29, 0.717) is 5.56 Å². The highest BCUT2D eigenvalue weighted by Gasteiger charge is 2.22. The van der Waals surface area contributed by atoms with Crippen molar-refractivity contribution >= 4 is 38.8 Å². The fourth-order valence-electron chi connectivity index (χ4n) is 2.74. The van der Waals surface area contributed by atoms with Gasteiger partial charge >= 0.3 is 0 Å². The Hall–Kier alpha value is -2.90. The molecule has 150 valence electrons. The van der Waals surface area contributed by atoms with Gasteiger partial charge in [-0.25, -0.2) is 13.4 Å². The van der Waals surface area contributed by atoms with Crippen molar-refractivity contribution in [3.63, 3.8) is 0 Å². The van der Waals surface area contributed by atoms with Crippen LogP contribution in [0, 0.1) is 13.8 Å². The molecule has 0 radical (unpaired) electrons. The number of nitrogens with one attached hydrogen (secondary N) is 2. The van der Waals surface area contributed by atoms with E-state index in [9.17, 15) is 13.2 Å². The number of halogens is 1. The van der Waals surface area contributed by atoms with Crippen molar-refractivity contribution in [2.75, 3.05) is 17.1 Å². The van der Waals surface area contributed by atoms with Crippen molar-refractivity contribution in [2.24, 2.45) is 0 Å². The zero-order chi connectivity index (χ0) is 21.2. The number of carbonyl (C=O) groups is 1. The van der Waals surface area contributed by atoms with Crippen LogP contribution in [0.1, 0.15) is 27.2 Å². The maximum atomic E-state index is 13.0. The van der Waals surface area contributed by atoms with Crippen LogP contribution < -0.4 is 10.0 Å². The van der Waals surface area contributed by atoms with Gasteiger partial charge in [0.05, 0.1) is 15.6 Å². The summed E-state index contributed by atoms with van der Waals surface area (Å²) >= 11 is 6.02. The molecule has 0 unspecified atom stereocenters. The summed E-state index contributed by atoms with van der Waals surface area (Å²) in [6, 6.07) is 13.1. The van der Waals surface area contributed by atoms with Gasteiger partial charge < -0.3 is 5.32 Å². The van der Waals surface area contributed by atoms with Crippen LogP contribution in [0.15, 0.2) is 59.6 Å². The maximum Gasteiger partial charge on any atom is 0.261 e. The highest BCUT2D eigenvalue weighted by molar-refractivity contribution is 7.92. The molecule has 2 N–H and O–H groups in total. The summed E-state index contributed by atoms with van der Waals surface area (Å²) in [5, 5.41) is 3.17. The second-order valence-electron chi connectivity index (χ2n) is 6.56. The predicted molar refractivity (Wildman–Crippen MR) is 115 cm³/mol. The van der Waals surface area contributed by atoms with E-state index in [-0.39, 0.29) is 21.3 Å². The Morgan fingerprint density at radius 3 is 2.48 bits per heavy atom. The van der Waals surface area contributed by atoms with Crippen LogP contribution >= 0.6 is 11.6 Å². The second-order valence-corrected chi connectivity index (χ2v) is 8.68. The van der Waals surface area contributed by atoms with E-state index in [0.717, 1.165) is 16.8 Å². The Morgan fingerprint density at radius 2 is 1.79 bits per heavy atom. The molecule has 1 heterocycles. The molecular formula is C21H20ClN3O3S. The van der Waals surface area contributed by atoms with E-state index in [4.69, 9.17) is 11.6 Å². The molecule has 2 aromatic carbocycles. The number of aryl methyl sites for hydroxylation is 2. The second kappa shape index (κ2) is 8.23. The number of hydrogen-bond acceptors (Lipinski definition) is 5. The number of sulfonamides is 1. The lowest BCUT2D eigenvalue weighted by Crippen LogP contribution is -2.17. The normalized spacial score (nSPS) is 11.2. The summed E-state index contributed by atoms with van der Waals surface area (Å²) in [6.07, 6.45) is 1.31. The minimum Gasteiger partial charge on any atom is -0.388 e. The number of benzene rings is 2. The molecule has 0 spiro atoms. The van der Waals surface area contributed by atoms with Gasteiger partial charge in [-0.05, 0) is 55.3 Å². The number of hydrogen-bond donors (Lipinski definition) is 2. The van der Waals surface area contributed by atoms with Gasteiger partial charge in [-0.2, -0.15) is 0 Å². The molecule has 3 aromatic rings. The Labute approximate surface area is 175 Å². The van der Waals surface area contributed by atoms with Gasteiger partial charge in [0.1, 0.15) is 5.69 Å². The molecule has 0 saturated heterocycles. The van der Waals surface area contributed by atoms with Crippen molar-refractivity contribution in [1.82, 2.24) is 4.98 Å². The summed E-state index contributed by atoms with van der Waals surface area (Å²) in [5.74, 6) is -0.420. The first-order chi connectivity index (χ1) is 13.7. The standard InChI is InChI=1S/C21H20ClN3O3S/c1-13-7-8-18(9-14(13)2)29(27,28)25-19-11-16(22)12-24-20(19)21(26)15-5-4-6-17(10-15)23-3/h4-12,23,25H,1-3H3. The number of ketones is 1. The lowest BCUT2D eigenvalue weighted by molar-refractivity contribution is 0.103. The van der Waals surface area contributed by atoms with Crippen molar-refractivity contribution < 1.29 is 13.2 Å². The number of rotatable bonds is 6. The summed E-state index contributed by atoms with van der Waals surface area (Å²) in [5.41, 5.74) is 2.94. The van der Waals surface area contributed by atoms with E-state index in [1.165, 1.54) is 18.3 Å². The Balaban J connectivity index is 2.02. The van der Waals surface area contributed by atoms with Crippen molar-refractivity contribution in [3.8, 4) is 0 Å². The highest BCUT2D eigenvalue weighted by atomic mass is 35.5. The summed E-state index contributed by atoms with van der Waals surface area (Å²) in [7, 11) is -2.19. The van der Waals surface area contributed by atoms with E-state index in [1.807, 2.05) is 19.9 Å². The molecule has 3 rings (SSSR count). The first-order valence-electron chi connectivity index (χ1n) is 8.79. The van der Waals surface area contributed by atoms with Crippen molar-refractivity contribution in [2.45, 2.75) is 18.7 Å². The topological polar surface area (TPSA) is 88.2 Å². The number of pyridine rings is 1. The van der Waals surface area contributed by atoms with Gasteiger partial charge in [0, 0.05) is 24.5 Å². The maximum absolute atomic E-state index is 13.0. The lowest BCUT2D eigenvalue weighted by atomic mass is 10.1. The molecule has 8 heteroatoms. The first-order valence-corrected chi connectivity index (χ1v) is 10.7. The summed E-state index contributed by atoms with van der Waals surface area (Å²) < 4.78 is 28.2. The van der Waals surface area contributed by atoms with E-state index < -0.39 is 15.8 Å². The van der Waals surface area contributed by atoms with Gasteiger partial charge in [0.25, 0.3) is 10.0 Å². The van der Waals surface area contributed by atoms with E-state index >= 15 is 0 Å². The molecule has 0 aliphatic rings. The molecule has 0 bridgehead atoms. The van der Waals surface area contributed by atoms with Crippen LogP contribution in [0.2, 0.25) is 5.02 Å². The molecule has 0 atom stereocenters. The van der Waals surface area contributed by atoms with E-state index in [2.05, 4.69) is 15.0 Å². The molecule has 29 heavy (non-hydrogen) atoms. The molecule has 0 saturated carbocycles. The fourth-order valence-corrected chi connectivity index (χ4v) is 4.04. The van der Waals surface area contributed by atoms with Crippen LogP contribution in [0.25, 0.3) is 0 Å². The fraction of sp³-hybridized carbons (Fsp3) is 0.143. The van der Waals surface area contributed by atoms with Crippen LogP contribution in [0.4, 0.5) is 11.4 Å². The third-order valence-electron chi connectivity index (χ3n) is 4.52. The zero-order valence-corrected chi connectivity index (χ0v) is 17.7. The molecule has 1 aromatic heterocycles. The van der Waals surface area contributed by atoms with Crippen LogP contribution in [0.3, 0.4) is 0 Å². The third-order valence-corrected chi connectivity index (χ3v) is 6.09. The average Bonchev–Trinajstić information content (AvgIpc) is 2.69. The molecular weight excluding hydrogens is 410 g/mol. The van der Waals surface area contributed by atoms with Crippen molar-refractivity contribution in [3.05, 3.63) is 82.1 Å². The molecule has 0 aliphatic heterocycles. The highest BCUT2D eigenvalue weighted by Crippen LogP contribution is 2.26. The molecule has 0 aliphatic carbocycles. The molecule has 0 amide bonds. The lowest BCUT2D eigenvalue weighted by Gasteiger charge is -2.13. The van der Waals surface area contributed by atoms with Crippen LogP contribution in [0.5, 0.6) is 0 Å². The zero-order valence-electron chi connectivity index (χ0n) is 16.2. The minimum absolute atomic E-state index is 0.0237. The monoisotopic (exact) mass is 429 g/mol. The van der Waals surface area contributed by atoms with Gasteiger partial charge in [-0.1, -0.05) is 29.8 Å². The first kappa shape index (κ1) is 20.8. The largest absolute Gasteiger partial charge is 0.388 e. The van der Waals surface area contributed by atoms with Crippen molar-refractivity contribution in [1.29, 1.82) is 0 Å². The number of anilines is 2.